The second-order valence-electron chi connectivity index (χ2n) is 21.0. The Morgan fingerprint density at radius 2 is 1.08 bits per heavy atom. The van der Waals surface area contributed by atoms with Crippen LogP contribution in [-0.2, 0) is 5.41 Å². The van der Waals surface area contributed by atoms with Gasteiger partial charge in [0.2, 0.25) is 0 Å². The van der Waals surface area contributed by atoms with Crippen LogP contribution < -0.4 is 14.5 Å². The van der Waals surface area contributed by atoms with Gasteiger partial charge in [0.15, 0.2) is 0 Å². The lowest BCUT2D eigenvalue weighted by atomic mass is 9.86. The number of nitrogens with zero attached hydrogens (tertiary/aromatic N) is 5. The summed E-state index contributed by atoms with van der Waals surface area (Å²) in [5.74, 6) is 3.26. The largest absolute Gasteiger partial charge is 0.457 e. The Morgan fingerprint density at radius 3 is 1.72 bits per heavy atom. The molecule has 6 heteroatoms. The normalized spacial score (nSPS) is 12.9. The number of anilines is 3. The molecule has 0 amide bonds. The van der Waals surface area contributed by atoms with Gasteiger partial charge in [-0.25, -0.2) is 4.98 Å². The number of aromatic nitrogens is 3. The molecule has 0 saturated heterocycles. The predicted octanol–water partition coefficient (Wildman–Crippen LogP) is 17.5. The van der Waals surface area contributed by atoms with Crippen LogP contribution in [0.5, 0.6) is 11.5 Å². The van der Waals surface area contributed by atoms with E-state index < -0.39 is 0 Å². The molecule has 0 unspecified atom stereocenters. The molecule has 0 spiro atoms. The first kappa shape index (κ1) is 44.1. The lowest BCUT2D eigenvalue weighted by molar-refractivity contribution is 0.479. The van der Waals surface area contributed by atoms with E-state index in [0.717, 1.165) is 68.2 Å². The summed E-state index contributed by atoms with van der Waals surface area (Å²) in [7, 11) is 2.20. The Kier molecular flexibility index (Phi) is 10.6. The molecule has 0 N–H and O–H groups in total. The van der Waals surface area contributed by atoms with Crippen molar-refractivity contribution in [1.29, 1.82) is 0 Å². The number of hydrogen-bond acceptors (Lipinski definition) is 4. The fourth-order valence-corrected chi connectivity index (χ4v) is 11.1. The van der Waals surface area contributed by atoms with E-state index in [4.69, 9.17) is 9.72 Å². The van der Waals surface area contributed by atoms with Crippen molar-refractivity contribution in [3.63, 3.8) is 0 Å². The van der Waals surface area contributed by atoms with Crippen LogP contribution in [0.4, 0.5) is 17.1 Å². The third kappa shape index (κ3) is 7.52. The van der Waals surface area contributed by atoms with Crippen molar-refractivity contribution in [2.45, 2.75) is 65.7 Å². The van der Waals surface area contributed by atoms with Crippen molar-refractivity contribution in [2.75, 3.05) is 23.5 Å². The zero-order valence-electron chi connectivity index (χ0n) is 41.9. The Labute approximate surface area is 417 Å². The lowest BCUT2D eigenvalue weighted by Gasteiger charge is -2.26. The standard InChI is InChI=1S/C65H59N5O/c1-41(2)56-38-60-61(39-57(56)42(3)4)68(40-67(60)8)47-33-45(65(5,6)7)34-49(35-47)71-48-29-30-53-52-23-15-16-28-58(52)70(59(53)37-48)62-36-46(31-32-66-62)69-63-50(43-19-11-9-12-20-43)24-17-26-54(63)55-27-18-25-51(64(55)69)44-21-13-10-14-22-44/h9-39,41-42H,40H2,1-8H3. The summed E-state index contributed by atoms with van der Waals surface area (Å²) >= 11 is 0. The van der Waals surface area contributed by atoms with Crippen LogP contribution in [0.2, 0.25) is 0 Å². The maximum atomic E-state index is 7.05. The molecule has 1 aliphatic rings. The number of hydrogen-bond donors (Lipinski definition) is 0. The van der Waals surface area contributed by atoms with E-state index in [1.807, 2.05) is 6.20 Å². The van der Waals surface area contributed by atoms with Gasteiger partial charge in [-0.3, -0.25) is 4.57 Å². The highest BCUT2D eigenvalue weighted by atomic mass is 16.5. The van der Waals surface area contributed by atoms with Crippen LogP contribution in [0.3, 0.4) is 0 Å². The highest BCUT2D eigenvalue weighted by Gasteiger charge is 2.30. The number of para-hydroxylation sites is 3. The second-order valence-corrected chi connectivity index (χ2v) is 21.0. The van der Waals surface area contributed by atoms with E-state index in [1.165, 1.54) is 61.1 Å². The molecule has 8 aromatic carbocycles. The zero-order valence-corrected chi connectivity index (χ0v) is 41.9. The molecule has 0 radical (unpaired) electrons. The first-order chi connectivity index (χ1) is 34.4. The number of benzene rings is 8. The number of rotatable bonds is 9. The van der Waals surface area contributed by atoms with Gasteiger partial charge in [0, 0.05) is 69.8 Å². The summed E-state index contributed by atoms with van der Waals surface area (Å²) in [5.41, 5.74) is 17.7. The first-order valence-corrected chi connectivity index (χ1v) is 25.1. The van der Waals surface area contributed by atoms with Crippen LogP contribution in [0.25, 0.3) is 77.4 Å². The molecular formula is C65H59N5O. The summed E-state index contributed by atoms with van der Waals surface area (Å²) in [5, 5.41) is 4.70. The fourth-order valence-electron chi connectivity index (χ4n) is 11.1. The molecule has 0 aliphatic carbocycles. The van der Waals surface area contributed by atoms with Crippen molar-refractivity contribution < 1.29 is 4.74 Å². The molecule has 350 valence electrons. The fraction of sp³-hybridized carbons (Fsp3) is 0.185. The quantitative estimate of drug-likeness (QED) is 0.145. The molecule has 11 aromatic rings. The topological polar surface area (TPSA) is 38.5 Å². The summed E-state index contributed by atoms with van der Waals surface area (Å²) in [6.45, 7) is 16.8. The SMILES string of the molecule is CC(C)c1cc2c(cc1C(C)C)N(c1cc(Oc3ccc4c5ccccc5n(-c5cc(-n6c7c(-c8ccccc8)cccc7c7cccc(-c8ccccc8)c76)ccn5)c4c3)cc(C(C)(C)C)c1)CN2C. The van der Waals surface area contributed by atoms with E-state index >= 15 is 0 Å². The monoisotopic (exact) mass is 925 g/mol. The lowest BCUT2D eigenvalue weighted by Crippen LogP contribution is -2.24. The molecule has 0 saturated carbocycles. The maximum absolute atomic E-state index is 7.05. The summed E-state index contributed by atoms with van der Waals surface area (Å²) in [6.07, 6.45) is 1.96. The molecule has 0 fully saturated rings. The van der Waals surface area contributed by atoms with Crippen LogP contribution in [-0.4, -0.2) is 27.8 Å². The smallest absolute Gasteiger partial charge is 0.139 e. The highest BCUT2D eigenvalue weighted by Crippen LogP contribution is 2.47. The molecule has 4 heterocycles. The third-order valence-electron chi connectivity index (χ3n) is 14.6. The summed E-state index contributed by atoms with van der Waals surface area (Å²) < 4.78 is 11.8. The van der Waals surface area contributed by atoms with Crippen molar-refractivity contribution >= 4 is 60.7 Å². The Bertz CT molecular complexity index is 3740. The third-order valence-corrected chi connectivity index (χ3v) is 14.6. The van der Waals surface area contributed by atoms with Gasteiger partial charge < -0.3 is 19.1 Å². The molecule has 6 nitrogen and oxygen atoms in total. The van der Waals surface area contributed by atoms with Gasteiger partial charge >= 0.3 is 0 Å². The molecule has 0 bridgehead atoms. The van der Waals surface area contributed by atoms with E-state index in [-0.39, 0.29) is 5.41 Å². The molecule has 3 aromatic heterocycles. The van der Waals surface area contributed by atoms with E-state index in [1.54, 1.807) is 0 Å². The van der Waals surface area contributed by atoms with E-state index in [9.17, 15) is 0 Å². The van der Waals surface area contributed by atoms with Crippen LogP contribution >= 0.6 is 0 Å². The maximum Gasteiger partial charge on any atom is 0.139 e. The van der Waals surface area contributed by atoms with Gasteiger partial charge in [0.25, 0.3) is 0 Å². The second kappa shape index (κ2) is 17.1. The van der Waals surface area contributed by atoms with Crippen molar-refractivity contribution in [3.8, 4) is 45.3 Å². The molecule has 0 atom stereocenters. The van der Waals surface area contributed by atoms with Gasteiger partial charge in [-0.1, -0.05) is 164 Å². The van der Waals surface area contributed by atoms with Gasteiger partial charge in [0.1, 0.15) is 17.3 Å². The average molecular weight is 926 g/mol. The predicted molar refractivity (Wildman–Crippen MR) is 299 cm³/mol. The van der Waals surface area contributed by atoms with E-state index in [2.05, 4.69) is 256 Å². The summed E-state index contributed by atoms with van der Waals surface area (Å²) in [6, 6.07) is 66.1. The van der Waals surface area contributed by atoms with Crippen molar-refractivity contribution in [3.05, 3.63) is 205 Å². The molecular weight excluding hydrogens is 867 g/mol. The Balaban J connectivity index is 1.01. The van der Waals surface area contributed by atoms with Gasteiger partial charge in [-0.2, -0.15) is 0 Å². The van der Waals surface area contributed by atoms with Gasteiger partial charge in [-0.05, 0) is 93.6 Å². The van der Waals surface area contributed by atoms with Crippen LogP contribution in [0, 0.1) is 0 Å². The average Bonchev–Trinajstić information content (AvgIpc) is 4.02. The van der Waals surface area contributed by atoms with Crippen LogP contribution in [0.1, 0.15) is 77.0 Å². The molecule has 1 aliphatic heterocycles. The minimum absolute atomic E-state index is 0.111. The Morgan fingerprint density at radius 1 is 0.493 bits per heavy atom. The minimum Gasteiger partial charge on any atom is -0.457 e. The van der Waals surface area contributed by atoms with Crippen LogP contribution in [0.15, 0.2) is 188 Å². The molecule has 71 heavy (non-hydrogen) atoms. The van der Waals surface area contributed by atoms with Gasteiger partial charge in [-0.15, -0.1) is 0 Å². The number of ether oxygens (including phenoxy) is 1. The first-order valence-electron chi connectivity index (χ1n) is 25.1. The Hall–Kier alpha value is -8.09. The number of fused-ring (bicyclic) bond motifs is 7. The van der Waals surface area contributed by atoms with Crippen molar-refractivity contribution in [2.24, 2.45) is 0 Å². The highest BCUT2D eigenvalue weighted by molar-refractivity contribution is 6.17. The zero-order chi connectivity index (χ0) is 48.7. The number of pyridine rings is 1. The molecule has 12 rings (SSSR count). The van der Waals surface area contributed by atoms with E-state index in [0.29, 0.717) is 11.8 Å². The van der Waals surface area contributed by atoms with Crippen molar-refractivity contribution in [1.82, 2.24) is 14.1 Å². The minimum atomic E-state index is -0.111. The van der Waals surface area contributed by atoms with Gasteiger partial charge in [0.05, 0.1) is 45.8 Å². The summed E-state index contributed by atoms with van der Waals surface area (Å²) in [4.78, 5) is 10.0.